The van der Waals surface area contributed by atoms with Crippen molar-refractivity contribution in [1.82, 2.24) is 9.55 Å². The molecule has 0 bridgehead atoms. The van der Waals surface area contributed by atoms with Crippen molar-refractivity contribution in [3.05, 3.63) is 31.3 Å². The summed E-state index contributed by atoms with van der Waals surface area (Å²) < 4.78 is 0.787. The van der Waals surface area contributed by atoms with Crippen molar-refractivity contribution in [2.45, 2.75) is 26.3 Å². The first-order valence-electron chi connectivity index (χ1n) is 6.16. The van der Waals surface area contributed by atoms with Crippen LogP contribution in [0.25, 0.3) is 10.2 Å². The standard InChI is InChI=1S/C12H14N4O4S/c1-3-5(8(13)17)16-11(19)6-4(2)7(9(14)18)21-10(6)15-12(16)20/h5H,3H2,1-2H3,(H2,13,17)(H2,14,18)(H,15,20). The summed E-state index contributed by atoms with van der Waals surface area (Å²) in [6.07, 6.45) is 0.204. The molecule has 2 aromatic heterocycles. The molecule has 1 unspecified atom stereocenters. The number of carbonyl (C=O) groups excluding carboxylic acids is 2. The molecule has 0 aliphatic carbocycles. The largest absolute Gasteiger partial charge is 0.368 e. The van der Waals surface area contributed by atoms with Gasteiger partial charge < -0.3 is 11.5 Å². The number of primary amides is 2. The number of nitrogens with zero attached hydrogens (tertiary/aromatic N) is 1. The van der Waals surface area contributed by atoms with Gasteiger partial charge in [-0.15, -0.1) is 11.3 Å². The summed E-state index contributed by atoms with van der Waals surface area (Å²) in [6, 6.07) is -1.04. The summed E-state index contributed by atoms with van der Waals surface area (Å²) in [7, 11) is 0. The van der Waals surface area contributed by atoms with Crippen molar-refractivity contribution in [3.63, 3.8) is 0 Å². The van der Waals surface area contributed by atoms with Gasteiger partial charge in [0.2, 0.25) is 5.91 Å². The van der Waals surface area contributed by atoms with Crippen LogP contribution in [0.5, 0.6) is 0 Å². The van der Waals surface area contributed by atoms with Gasteiger partial charge in [-0.2, -0.15) is 0 Å². The Balaban J connectivity index is 2.91. The first-order valence-corrected chi connectivity index (χ1v) is 6.98. The zero-order valence-electron chi connectivity index (χ0n) is 11.4. The van der Waals surface area contributed by atoms with Crippen LogP contribution < -0.4 is 22.7 Å². The van der Waals surface area contributed by atoms with E-state index in [2.05, 4.69) is 4.98 Å². The minimum atomic E-state index is -1.04. The van der Waals surface area contributed by atoms with Crippen LogP contribution in [0.2, 0.25) is 0 Å². The van der Waals surface area contributed by atoms with Crippen molar-refractivity contribution >= 4 is 33.4 Å². The molecule has 0 aliphatic rings. The van der Waals surface area contributed by atoms with Gasteiger partial charge in [0.25, 0.3) is 11.5 Å². The van der Waals surface area contributed by atoms with Crippen LogP contribution in [0.15, 0.2) is 9.59 Å². The molecule has 0 fully saturated rings. The monoisotopic (exact) mass is 310 g/mol. The molecule has 0 spiro atoms. The van der Waals surface area contributed by atoms with Crippen LogP contribution in [0.1, 0.15) is 34.6 Å². The average Bonchev–Trinajstić information content (AvgIpc) is 2.71. The van der Waals surface area contributed by atoms with Gasteiger partial charge in [0, 0.05) is 0 Å². The first kappa shape index (κ1) is 15.0. The predicted molar refractivity (Wildman–Crippen MR) is 78.5 cm³/mol. The Hall–Kier alpha value is -2.42. The molecule has 0 saturated heterocycles. The topological polar surface area (TPSA) is 141 Å². The highest BCUT2D eigenvalue weighted by Gasteiger charge is 2.24. The minimum Gasteiger partial charge on any atom is -0.368 e. The van der Waals surface area contributed by atoms with Crippen LogP contribution in [0, 0.1) is 6.92 Å². The molecule has 0 saturated carbocycles. The molecule has 0 aromatic carbocycles. The number of aryl methyl sites for hydroxylation is 1. The van der Waals surface area contributed by atoms with E-state index in [1.54, 1.807) is 13.8 Å². The third-order valence-electron chi connectivity index (χ3n) is 3.27. The van der Waals surface area contributed by atoms with Gasteiger partial charge in [-0.05, 0) is 18.9 Å². The van der Waals surface area contributed by atoms with E-state index in [4.69, 9.17) is 11.5 Å². The lowest BCUT2D eigenvalue weighted by Gasteiger charge is -2.13. The number of hydrogen-bond acceptors (Lipinski definition) is 5. The molecule has 2 heterocycles. The fourth-order valence-corrected chi connectivity index (χ4v) is 3.30. The number of nitrogens with one attached hydrogen (secondary N) is 1. The highest BCUT2D eigenvalue weighted by Crippen LogP contribution is 2.26. The quantitative estimate of drug-likeness (QED) is 0.706. The number of H-pyrrole nitrogens is 1. The molecule has 5 N–H and O–H groups in total. The zero-order valence-corrected chi connectivity index (χ0v) is 12.2. The fourth-order valence-electron chi connectivity index (χ4n) is 2.26. The fraction of sp³-hybridized carbons (Fsp3) is 0.333. The van der Waals surface area contributed by atoms with E-state index in [1.807, 2.05) is 0 Å². The van der Waals surface area contributed by atoms with E-state index in [0.29, 0.717) is 5.56 Å². The Morgan fingerprint density at radius 3 is 2.43 bits per heavy atom. The predicted octanol–water partition coefficient (Wildman–Crippen LogP) is -0.405. The molecule has 1 atom stereocenters. The molecule has 2 aromatic rings. The molecule has 0 radical (unpaired) electrons. The van der Waals surface area contributed by atoms with Crippen LogP contribution in [-0.4, -0.2) is 21.4 Å². The Bertz CT molecular complexity index is 860. The van der Waals surface area contributed by atoms with E-state index in [0.717, 1.165) is 15.9 Å². The van der Waals surface area contributed by atoms with Gasteiger partial charge >= 0.3 is 5.69 Å². The molecule has 21 heavy (non-hydrogen) atoms. The zero-order chi connectivity index (χ0) is 15.9. The second kappa shape index (κ2) is 5.17. The lowest BCUT2D eigenvalue weighted by atomic mass is 10.2. The van der Waals surface area contributed by atoms with Crippen LogP contribution in [-0.2, 0) is 4.79 Å². The lowest BCUT2D eigenvalue weighted by molar-refractivity contribution is -0.121. The highest BCUT2D eigenvalue weighted by molar-refractivity contribution is 7.20. The second-order valence-electron chi connectivity index (χ2n) is 4.56. The summed E-state index contributed by atoms with van der Waals surface area (Å²) in [6.45, 7) is 3.20. The molecule has 8 nitrogen and oxygen atoms in total. The Morgan fingerprint density at radius 2 is 1.95 bits per heavy atom. The molecule has 2 amide bonds. The summed E-state index contributed by atoms with van der Waals surface area (Å²) in [5.41, 5.74) is 9.46. The smallest absolute Gasteiger partial charge is 0.330 e. The number of thiophene rings is 1. The SMILES string of the molecule is CCC(C(N)=O)n1c(=O)[nH]c2sc(C(N)=O)c(C)c2c1=O. The third-order valence-corrected chi connectivity index (χ3v) is 4.49. The van der Waals surface area contributed by atoms with Gasteiger partial charge in [-0.25, -0.2) is 9.36 Å². The number of aromatic amines is 1. The molecule has 0 aliphatic heterocycles. The van der Waals surface area contributed by atoms with E-state index in [-0.39, 0.29) is 21.5 Å². The molecular weight excluding hydrogens is 296 g/mol. The number of nitrogens with two attached hydrogens (primary N) is 2. The molecular formula is C12H14N4O4S. The third kappa shape index (κ3) is 2.25. The van der Waals surface area contributed by atoms with Crippen molar-refractivity contribution < 1.29 is 9.59 Å². The van der Waals surface area contributed by atoms with E-state index in [1.165, 1.54) is 0 Å². The minimum absolute atomic E-state index is 0.174. The van der Waals surface area contributed by atoms with E-state index in [9.17, 15) is 19.2 Å². The summed E-state index contributed by atoms with van der Waals surface area (Å²) >= 11 is 0.937. The van der Waals surface area contributed by atoms with Crippen LogP contribution in [0.3, 0.4) is 0 Å². The van der Waals surface area contributed by atoms with Gasteiger partial charge in [-0.1, -0.05) is 6.92 Å². The van der Waals surface area contributed by atoms with Crippen molar-refractivity contribution in [3.8, 4) is 0 Å². The van der Waals surface area contributed by atoms with Crippen LogP contribution >= 0.6 is 11.3 Å². The van der Waals surface area contributed by atoms with Gasteiger partial charge in [0.1, 0.15) is 10.9 Å². The van der Waals surface area contributed by atoms with Gasteiger partial charge in [0.15, 0.2) is 0 Å². The Labute approximate surface area is 122 Å². The number of hydrogen-bond donors (Lipinski definition) is 3. The Kier molecular flexibility index (Phi) is 3.69. The average molecular weight is 310 g/mol. The van der Waals surface area contributed by atoms with Crippen molar-refractivity contribution in [2.24, 2.45) is 11.5 Å². The Morgan fingerprint density at radius 1 is 1.33 bits per heavy atom. The number of carbonyl (C=O) groups is 2. The number of aromatic nitrogens is 2. The number of rotatable bonds is 4. The van der Waals surface area contributed by atoms with Crippen LogP contribution in [0.4, 0.5) is 0 Å². The van der Waals surface area contributed by atoms with Gasteiger partial charge in [-0.3, -0.25) is 19.4 Å². The molecule has 9 heteroatoms. The summed E-state index contributed by atoms with van der Waals surface area (Å²) in [4.78, 5) is 50.2. The lowest BCUT2D eigenvalue weighted by Crippen LogP contribution is -2.42. The highest BCUT2D eigenvalue weighted by atomic mass is 32.1. The summed E-state index contributed by atoms with van der Waals surface area (Å²) in [5, 5.41) is 0.174. The van der Waals surface area contributed by atoms with Crippen molar-refractivity contribution in [1.29, 1.82) is 0 Å². The first-order chi connectivity index (χ1) is 9.79. The molecule has 112 valence electrons. The van der Waals surface area contributed by atoms with Gasteiger partial charge in [0.05, 0.1) is 10.3 Å². The van der Waals surface area contributed by atoms with Crippen molar-refractivity contribution in [2.75, 3.05) is 0 Å². The van der Waals surface area contributed by atoms with E-state index >= 15 is 0 Å². The maximum atomic E-state index is 12.5. The maximum absolute atomic E-state index is 12.5. The normalized spacial score (nSPS) is 12.5. The number of amides is 2. The van der Waals surface area contributed by atoms with E-state index < -0.39 is 29.1 Å². The molecule has 2 rings (SSSR count). The second-order valence-corrected chi connectivity index (χ2v) is 5.58. The maximum Gasteiger partial charge on any atom is 0.330 e. The number of fused-ring (bicyclic) bond motifs is 1. The summed E-state index contributed by atoms with van der Waals surface area (Å²) in [5.74, 6) is -1.45.